The minimum Gasteiger partial charge on any atom is -0.748 e. The van der Waals surface area contributed by atoms with Crippen LogP contribution in [0.15, 0.2) is 29.2 Å². The van der Waals surface area contributed by atoms with Gasteiger partial charge in [-0.15, -0.1) is 0 Å². The Hall–Kier alpha value is -0.890. The number of nitrogens with zero attached hydrogens (tertiary/aromatic N) is 3. The standard InChI is InChI=1S/C18H26N6O8S2.2Na/c1-2-3-13-4-5-14(12-15(13)34(29,30)31)21-18-23-16(19-6-9-32-10-8-25)22-17(24-18)20-7-11-33(26,27)28;;/h2-5,12,25H,6-11H2,1H3,(H,26,27,28)(H,29,30,31)(H3,19,20,21,22,23,24);;/q;2*+1/p-2. The van der Waals surface area contributed by atoms with Crippen LogP contribution in [0.3, 0.4) is 0 Å². The Morgan fingerprint density at radius 1 is 0.972 bits per heavy atom. The van der Waals surface area contributed by atoms with E-state index >= 15 is 0 Å². The predicted molar refractivity (Wildman–Crippen MR) is 122 cm³/mol. The summed E-state index contributed by atoms with van der Waals surface area (Å²) in [7, 11) is -9.23. The summed E-state index contributed by atoms with van der Waals surface area (Å²) < 4.78 is 72.6. The van der Waals surface area contributed by atoms with Crippen molar-refractivity contribution in [2.24, 2.45) is 0 Å². The summed E-state index contributed by atoms with van der Waals surface area (Å²) >= 11 is 0. The predicted octanol–water partition coefficient (Wildman–Crippen LogP) is -6.06. The van der Waals surface area contributed by atoms with Gasteiger partial charge < -0.3 is 34.9 Å². The van der Waals surface area contributed by atoms with Crippen LogP contribution in [0.25, 0.3) is 6.08 Å². The Kier molecular flexibility index (Phi) is 16.4. The van der Waals surface area contributed by atoms with Crippen molar-refractivity contribution in [1.82, 2.24) is 15.0 Å². The van der Waals surface area contributed by atoms with Gasteiger partial charge in [0.05, 0.1) is 40.6 Å². The molecule has 0 spiro atoms. The summed E-state index contributed by atoms with van der Waals surface area (Å²) in [6.07, 6.45) is 3.07. The summed E-state index contributed by atoms with van der Waals surface area (Å²) in [6.45, 7) is 1.91. The first-order valence-electron chi connectivity index (χ1n) is 9.87. The molecule has 0 aliphatic carbocycles. The number of allylic oxidation sites excluding steroid dienone is 1. The summed E-state index contributed by atoms with van der Waals surface area (Å²) in [5, 5.41) is 17.0. The molecular weight excluding hydrogens is 538 g/mol. The second-order valence-electron chi connectivity index (χ2n) is 6.59. The number of hydrogen-bond acceptors (Lipinski definition) is 14. The van der Waals surface area contributed by atoms with E-state index in [2.05, 4.69) is 30.9 Å². The molecular formula is C18H24N6Na2O8S2. The molecule has 0 amide bonds. The number of hydrogen-bond donors (Lipinski definition) is 4. The summed E-state index contributed by atoms with van der Waals surface area (Å²) in [4.78, 5) is 11.8. The second kappa shape index (κ2) is 16.8. The van der Waals surface area contributed by atoms with E-state index in [-0.39, 0.29) is 121 Å². The van der Waals surface area contributed by atoms with E-state index in [9.17, 15) is 25.9 Å². The van der Waals surface area contributed by atoms with Crippen molar-refractivity contribution in [3.8, 4) is 0 Å². The zero-order valence-corrected chi connectivity index (χ0v) is 25.7. The van der Waals surface area contributed by atoms with Gasteiger partial charge in [-0.1, -0.05) is 18.2 Å². The first-order valence-corrected chi connectivity index (χ1v) is 12.9. The molecule has 2 rings (SSSR count). The van der Waals surface area contributed by atoms with Crippen LogP contribution < -0.4 is 75.1 Å². The van der Waals surface area contributed by atoms with Gasteiger partial charge in [0.25, 0.3) is 0 Å². The molecule has 1 heterocycles. The van der Waals surface area contributed by atoms with Crippen molar-refractivity contribution in [2.45, 2.75) is 11.8 Å². The summed E-state index contributed by atoms with van der Waals surface area (Å²) in [5.74, 6) is -0.771. The number of aliphatic hydroxyl groups excluding tert-OH is 1. The molecule has 36 heavy (non-hydrogen) atoms. The van der Waals surface area contributed by atoms with Crippen LogP contribution in [0, 0.1) is 0 Å². The molecule has 4 N–H and O–H groups in total. The maximum atomic E-state index is 11.7. The third-order valence-corrected chi connectivity index (χ3v) is 5.52. The van der Waals surface area contributed by atoms with E-state index in [0.29, 0.717) is 0 Å². The van der Waals surface area contributed by atoms with E-state index < -0.39 is 30.9 Å². The van der Waals surface area contributed by atoms with Crippen molar-refractivity contribution < 1.29 is 94.9 Å². The fourth-order valence-electron chi connectivity index (χ4n) is 2.55. The van der Waals surface area contributed by atoms with Gasteiger partial charge >= 0.3 is 59.1 Å². The van der Waals surface area contributed by atoms with E-state index in [0.717, 1.165) is 6.07 Å². The van der Waals surface area contributed by atoms with Gasteiger partial charge in [-0.2, -0.15) is 15.0 Å². The molecule has 14 nitrogen and oxygen atoms in total. The third kappa shape index (κ3) is 13.1. The first-order chi connectivity index (χ1) is 16.0. The van der Waals surface area contributed by atoms with Crippen LogP contribution in [-0.4, -0.2) is 84.7 Å². The van der Waals surface area contributed by atoms with Gasteiger partial charge in [0, 0.05) is 18.8 Å². The van der Waals surface area contributed by atoms with Crippen LogP contribution in [0.5, 0.6) is 0 Å². The normalized spacial score (nSPS) is 11.4. The quantitative estimate of drug-likeness (QED) is 0.0957. The van der Waals surface area contributed by atoms with Gasteiger partial charge in [-0.25, -0.2) is 16.8 Å². The maximum absolute atomic E-state index is 11.7. The molecule has 0 bridgehead atoms. The second-order valence-corrected chi connectivity index (χ2v) is 9.46. The average Bonchev–Trinajstić information content (AvgIpc) is 2.73. The van der Waals surface area contributed by atoms with E-state index in [1.165, 1.54) is 18.2 Å². The number of nitrogens with one attached hydrogen (secondary N) is 3. The van der Waals surface area contributed by atoms with E-state index in [4.69, 9.17) is 9.84 Å². The van der Waals surface area contributed by atoms with Crippen LogP contribution in [0.4, 0.5) is 23.5 Å². The van der Waals surface area contributed by atoms with Crippen molar-refractivity contribution in [1.29, 1.82) is 0 Å². The van der Waals surface area contributed by atoms with E-state index in [1.807, 2.05) is 0 Å². The topological polar surface area (TPSA) is 219 Å². The van der Waals surface area contributed by atoms with Gasteiger partial charge in [0.2, 0.25) is 17.8 Å². The molecule has 0 aliphatic rings. The van der Waals surface area contributed by atoms with E-state index in [1.54, 1.807) is 13.0 Å². The molecule has 0 aliphatic heterocycles. The maximum Gasteiger partial charge on any atom is 1.00 e. The Morgan fingerprint density at radius 3 is 2.14 bits per heavy atom. The fraction of sp³-hybridized carbons (Fsp3) is 0.389. The van der Waals surface area contributed by atoms with Crippen LogP contribution in [-0.2, 0) is 25.0 Å². The van der Waals surface area contributed by atoms with Crippen LogP contribution >= 0.6 is 0 Å². The number of anilines is 4. The fourth-order valence-corrected chi connectivity index (χ4v) is 3.60. The zero-order chi connectivity index (χ0) is 25.2. The number of ether oxygens (including phenoxy) is 1. The molecule has 0 saturated heterocycles. The van der Waals surface area contributed by atoms with Gasteiger partial charge in [0.15, 0.2) is 0 Å². The Morgan fingerprint density at radius 2 is 1.58 bits per heavy atom. The van der Waals surface area contributed by atoms with Gasteiger partial charge in [-0.05, 0) is 24.6 Å². The Labute approximate surface area is 253 Å². The molecule has 0 saturated carbocycles. The van der Waals surface area contributed by atoms with Gasteiger partial charge in [0.1, 0.15) is 10.1 Å². The summed E-state index contributed by atoms with van der Waals surface area (Å²) in [5.41, 5.74) is 0.407. The van der Waals surface area contributed by atoms with Crippen LogP contribution in [0.1, 0.15) is 12.5 Å². The molecule has 188 valence electrons. The average molecular weight is 563 g/mol. The molecule has 0 radical (unpaired) electrons. The Balaban J connectivity index is 0.00000612. The molecule has 1 aromatic heterocycles. The molecule has 1 aromatic carbocycles. The largest absolute Gasteiger partial charge is 1.00 e. The zero-order valence-electron chi connectivity index (χ0n) is 20.1. The van der Waals surface area contributed by atoms with Crippen molar-refractivity contribution in [3.05, 3.63) is 29.8 Å². The number of rotatable bonds is 14. The number of aliphatic hydroxyl groups is 1. The van der Waals surface area contributed by atoms with Crippen molar-refractivity contribution >= 4 is 49.8 Å². The SMILES string of the molecule is CC=Cc1ccc(Nc2nc(NCCOCCO)nc(NCCS(=O)(=O)[O-])n2)cc1S(=O)(=O)[O-].[Na+].[Na+]. The smallest absolute Gasteiger partial charge is 0.748 e. The van der Waals surface area contributed by atoms with Crippen molar-refractivity contribution in [2.75, 3.05) is 54.6 Å². The molecule has 18 heteroatoms. The van der Waals surface area contributed by atoms with Crippen LogP contribution in [0.2, 0.25) is 0 Å². The first kappa shape index (κ1) is 35.1. The number of benzene rings is 1. The molecule has 0 fully saturated rings. The molecule has 2 aromatic rings. The van der Waals surface area contributed by atoms with Crippen molar-refractivity contribution in [3.63, 3.8) is 0 Å². The number of aromatic nitrogens is 3. The summed E-state index contributed by atoms with van der Waals surface area (Å²) in [6, 6.07) is 4.08. The Bertz CT molecular complexity index is 1220. The monoisotopic (exact) mass is 562 g/mol. The third-order valence-electron chi connectivity index (χ3n) is 3.92. The molecule has 0 atom stereocenters. The minimum absolute atomic E-state index is 0. The molecule has 0 unspecified atom stereocenters. The minimum atomic E-state index is -4.77. The van der Waals surface area contributed by atoms with Gasteiger partial charge in [-0.3, -0.25) is 0 Å².